The number of hydrogen-bond donors (Lipinski definition) is 0. The van der Waals surface area contributed by atoms with E-state index in [1.807, 2.05) is 73.7 Å². The van der Waals surface area contributed by atoms with Crippen molar-refractivity contribution in [2.75, 3.05) is 7.11 Å². The first kappa shape index (κ1) is 16.6. The number of aryl methyl sites for hydroxylation is 1. The third-order valence-electron chi connectivity index (χ3n) is 4.03. The van der Waals surface area contributed by atoms with E-state index in [1.54, 1.807) is 7.11 Å². The molecule has 3 nitrogen and oxygen atoms in total. The molecule has 0 fully saturated rings. The van der Waals surface area contributed by atoms with Crippen LogP contribution in [0.2, 0.25) is 0 Å². The second-order valence-corrected chi connectivity index (χ2v) is 5.76. The topological polar surface area (TPSA) is 42.2 Å². The van der Waals surface area contributed by atoms with Gasteiger partial charge in [0.15, 0.2) is 0 Å². The van der Waals surface area contributed by atoms with E-state index in [-0.39, 0.29) is 0 Å². The highest BCUT2D eigenvalue weighted by atomic mass is 16.5. The number of hydrogen-bond acceptors (Lipinski definition) is 3. The van der Waals surface area contributed by atoms with Crippen LogP contribution in [0.15, 0.2) is 66.7 Å². The van der Waals surface area contributed by atoms with Crippen molar-refractivity contribution in [2.45, 2.75) is 13.5 Å². The van der Waals surface area contributed by atoms with E-state index in [0.29, 0.717) is 17.9 Å². The minimum absolute atomic E-state index is 0.498. The van der Waals surface area contributed by atoms with Gasteiger partial charge in [0.05, 0.1) is 12.7 Å². The van der Waals surface area contributed by atoms with Crippen LogP contribution in [0.1, 0.15) is 16.7 Å². The van der Waals surface area contributed by atoms with Crippen LogP contribution >= 0.6 is 0 Å². The van der Waals surface area contributed by atoms with Gasteiger partial charge in [0, 0.05) is 5.56 Å². The Bertz CT molecular complexity index is 911. The molecule has 0 bridgehead atoms. The highest BCUT2D eigenvalue weighted by molar-refractivity contribution is 5.74. The fraction of sp³-hybridized carbons (Fsp3) is 0.136. The van der Waals surface area contributed by atoms with Crippen LogP contribution in [-0.2, 0) is 6.61 Å². The predicted molar refractivity (Wildman–Crippen MR) is 98.7 cm³/mol. The molecule has 0 spiro atoms. The van der Waals surface area contributed by atoms with Crippen LogP contribution < -0.4 is 9.47 Å². The molecule has 0 atom stereocenters. The Morgan fingerprint density at radius 3 is 2.40 bits per heavy atom. The Morgan fingerprint density at radius 2 is 1.68 bits per heavy atom. The van der Waals surface area contributed by atoms with Crippen LogP contribution in [0, 0.1) is 18.3 Å². The molecule has 0 amide bonds. The van der Waals surface area contributed by atoms with Gasteiger partial charge >= 0.3 is 0 Å². The zero-order valence-corrected chi connectivity index (χ0v) is 14.3. The molecular formula is C22H19NO2. The van der Waals surface area contributed by atoms with Gasteiger partial charge in [-0.2, -0.15) is 5.26 Å². The normalized spacial score (nSPS) is 10.1. The predicted octanol–water partition coefficient (Wildman–Crippen LogP) is 5.12. The molecule has 124 valence electrons. The standard InChI is InChI=1S/C22H19NO2/c1-16-12-18(13-19(14-23)22(16)24-2)20-10-6-7-11-21(20)25-15-17-8-4-3-5-9-17/h3-13H,15H2,1-2H3. The molecular weight excluding hydrogens is 310 g/mol. The molecule has 0 unspecified atom stereocenters. The molecule has 3 heteroatoms. The molecule has 0 N–H and O–H groups in total. The Morgan fingerprint density at radius 1 is 0.960 bits per heavy atom. The van der Waals surface area contributed by atoms with Gasteiger partial charge in [-0.1, -0.05) is 48.5 Å². The number of benzene rings is 3. The van der Waals surface area contributed by atoms with Gasteiger partial charge in [0.1, 0.15) is 24.2 Å². The Hall–Kier alpha value is -3.25. The second-order valence-electron chi connectivity index (χ2n) is 5.76. The molecule has 0 aliphatic heterocycles. The zero-order valence-electron chi connectivity index (χ0n) is 14.3. The van der Waals surface area contributed by atoms with Crippen molar-refractivity contribution in [3.8, 4) is 28.7 Å². The summed E-state index contributed by atoms with van der Waals surface area (Å²) in [5.74, 6) is 1.41. The van der Waals surface area contributed by atoms with Crippen LogP contribution in [0.4, 0.5) is 0 Å². The van der Waals surface area contributed by atoms with Gasteiger partial charge in [0.2, 0.25) is 0 Å². The fourth-order valence-electron chi connectivity index (χ4n) is 2.85. The van der Waals surface area contributed by atoms with E-state index in [2.05, 4.69) is 6.07 Å². The monoisotopic (exact) mass is 329 g/mol. The van der Waals surface area contributed by atoms with Crippen molar-refractivity contribution in [1.82, 2.24) is 0 Å². The maximum Gasteiger partial charge on any atom is 0.139 e. The van der Waals surface area contributed by atoms with Gasteiger partial charge in [-0.3, -0.25) is 0 Å². The summed E-state index contributed by atoms with van der Waals surface area (Å²) < 4.78 is 11.4. The number of nitriles is 1. The first-order valence-electron chi connectivity index (χ1n) is 8.08. The van der Waals surface area contributed by atoms with Crippen molar-refractivity contribution in [3.63, 3.8) is 0 Å². The molecule has 3 aromatic carbocycles. The van der Waals surface area contributed by atoms with E-state index in [9.17, 15) is 5.26 Å². The third-order valence-corrected chi connectivity index (χ3v) is 4.03. The summed E-state index contributed by atoms with van der Waals surface area (Å²) in [6, 6.07) is 24.0. The number of methoxy groups -OCH3 is 1. The van der Waals surface area contributed by atoms with Crippen LogP contribution in [0.3, 0.4) is 0 Å². The molecule has 25 heavy (non-hydrogen) atoms. The SMILES string of the molecule is COc1c(C)cc(-c2ccccc2OCc2ccccc2)cc1C#N. The van der Waals surface area contributed by atoms with Gasteiger partial charge < -0.3 is 9.47 Å². The maximum absolute atomic E-state index is 9.41. The summed E-state index contributed by atoms with van der Waals surface area (Å²) in [5, 5.41) is 9.41. The second kappa shape index (κ2) is 7.55. The molecule has 0 aromatic heterocycles. The lowest BCUT2D eigenvalue weighted by Crippen LogP contribution is -1.98. The first-order chi connectivity index (χ1) is 12.2. The molecule has 0 saturated carbocycles. The highest BCUT2D eigenvalue weighted by Crippen LogP contribution is 2.35. The lowest BCUT2D eigenvalue weighted by Gasteiger charge is -2.14. The molecule has 0 aliphatic rings. The van der Waals surface area contributed by atoms with E-state index in [0.717, 1.165) is 28.0 Å². The zero-order chi connectivity index (χ0) is 17.6. The van der Waals surface area contributed by atoms with Crippen LogP contribution in [0.25, 0.3) is 11.1 Å². The Balaban J connectivity index is 1.96. The van der Waals surface area contributed by atoms with Crippen LogP contribution in [-0.4, -0.2) is 7.11 Å². The minimum Gasteiger partial charge on any atom is -0.495 e. The summed E-state index contributed by atoms with van der Waals surface area (Å²) in [7, 11) is 1.58. The third kappa shape index (κ3) is 3.64. The van der Waals surface area contributed by atoms with Crippen molar-refractivity contribution in [3.05, 3.63) is 83.4 Å². The van der Waals surface area contributed by atoms with Gasteiger partial charge in [0.25, 0.3) is 0 Å². The fourth-order valence-corrected chi connectivity index (χ4v) is 2.85. The summed E-state index contributed by atoms with van der Waals surface area (Å²) in [4.78, 5) is 0. The number of nitrogens with zero attached hydrogens (tertiary/aromatic N) is 1. The quantitative estimate of drug-likeness (QED) is 0.652. The summed E-state index contributed by atoms with van der Waals surface area (Å²) in [5.41, 5.74) is 4.46. The highest BCUT2D eigenvalue weighted by Gasteiger charge is 2.12. The van der Waals surface area contributed by atoms with Crippen molar-refractivity contribution in [2.24, 2.45) is 0 Å². The molecule has 0 saturated heterocycles. The lowest BCUT2D eigenvalue weighted by atomic mass is 9.99. The van der Waals surface area contributed by atoms with Crippen molar-refractivity contribution >= 4 is 0 Å². The van der Waals surface area contributed by atoms with E-state index in [4.69, 9.17) is 9.47 Å². The smallest absolute Gasteiger partial charge is 0.139 e. The molecule has 3 rings (SSSR count). The molecule has 0 aliphatic carbocycles. The maximum atomic E-state index is 9.41. The lowest BCUT2D eigenvalue weighted by molar-refractivity contribution is 0.307. The van der Waals surface area contributed by atoms with E-state index >= 15 is 0 Å². The molecule has 0 heterocycles. The average molecular weight is 329 g/mol. The number of ether oxygens (including phenoxy) is 2. The molecule has 3 aromatic rings. The van der Waals surface area contributed by atoms with E-state index < -0.39 is 0 Å². The van der Waals surface area contributed by atoms with Crippen LogP contribution in [0.5, 0.6) is 11.5 Å². The Kier molecular flexibility index (Phi) is 5.01. The number of para-hydroxylation sites is 1. The molecule has 0 radical (unpaired) electrons. The van der Waals surface area contributed by atoms with Gasteiger partial charge in [-0.05, 0) is 41.8 Å². The van der Waals surface area contributed by atoms with Crippen molar-refractivity contribution < 1.29 is 9.47 Å². The van der Waals surface area contributed by atoms with Gasteiger partial charge in [-0.15, -0.1) is 0 Å². The first-order valence-corrected chi connectivity index (χ1v) is 8.08. The number of rotatable bonds is 5. The largest absolute Gasteiger partial charge is 0.495 e. The minimum atomic E-state index is 0.498. The summed E-state index contributed by atoms with van der Waals surface area (Å²) >= 11 is 0. The van der Waals surface area contributed by atoms with Crippen molar-refractivity contribution in [1.29, 1.82) is 5.26 Å². The van der Waals surface area contributed by atoms with Gasteiger partial charge in [-0.25, -0.2) is 0 Å². The summed E-state index contributed by atoms with van der Waals surface area (Å²) in [6.07, 6.45) is 0. The summed E-state index contributed by atoms with van der Waals surface area (Å²) in [6.45, 7) is 2.44. The average Bonchev–Trinajstić information content (AvgIpc) is 2.66. The van der Waals surface area contributed by atoms with E-state index in [1.165, 1.54) is 0 Å². The Labute approximate surface area is 148 Å².